The van der Waals surface area contributed by atoms with Gasteiger partial charge in [-0.25, -0.2) is 0 Å². The molecule has 0 radical (unpaired) electrons. The van der Waals surface area contributed by atoms with E-state index >= 15 is 0 Å². The molecule has 0 nitrogen and oxygen atoms in total. The molecule has 0 bridgehead atoms. The van der Waals surface area contributed by atoms with Gasteiger partial charge in [-0.05, 0) is 17.8 Å². The number of hydrogen-bond donors (Lipinski definition) is 0. The fraction of sp³-hybridized carbons (Fsp3) is 1.00. The van der Waals surface area contributed by atoms with Crippen LogP contribution in [0.5, 0.6) is 0 Å². The van der Waals surface area contributed by atoms with Gasteiger partial charge < -0.3 is 0 Å². The second-order valence-corrected chi connectivity index (χ2v) is 7.75. The van der Waals surface area contributed by atoms with Crippen LogP contribution in [-0.2, 0) is 0 Å². The fourth-order valence-corrected chi connectivity index (χ4v) is 3.39. The van der Waals surface area contributed by atoms with Crippen LogP contribution in [0.4, 0.5) is 0 Å². The highest BCUT2D eigenvalue weighted by atomic mass is 14.1. The molecule has 0 rings (SSSR count). The lowest BCUT2D eigenvalue weighted by molar-refractivity contribution is 0.417. The lowest BCUT2D eigenvalue weighted by Crippen LogP contribution is -1.97. The van der Waals surface area contributed by atoms with Crippen molar-refractivity contribution >= 4 is 0 Å². The molecular weight excluding hydrogens is 264 g/mol. The van der Waals surface area contributed by atoms with Gasteiger partial charge in [0.2, 0.25) is 0 Å². The van der Waals surface area contributed by atoms with Gasteiger partial charge in [-0.1, -0.05) is 126 Å². The Morgan fingerprint density at radius 3 is 0.864 bits per heavy atom. The smallest absolute Gasteiger partial charge is 0.0443 e. The van der Waals surface area contributed by atoms with Gasteiger partial charge in [-0.15, -0.1) is 0 Å². The third-order valence-electron chi connectivity index (χ3n) is 4.77. The Labute approximate surface area is 143 Å². The molecule has 0 aliphatic heterocycles. The molecule has 0 aliphatic rings. The first-order chi connectivity index (χ1) is 10.5. The Balaban J connectivity index is 0. The van der Waals surface area contributed by atoms with Crippen LogP contribution in [0.1, 0.15) is 126 Å². The normalized spacial score (nSPS) is 13.6. The Bertz CT molecular complexity index is 164. The van der Waals surface area contributed by atoms with Crippen LogP contribution in [0.25, 0.3) is 0 Å². The first-order valence-electron chi connectivity index (χ1n) is 10.5. The van der Waals surface area contributed by atoms with Gasteiger partial charge in [-0.2, -0.15) is 0 Å². The Hall–Kier alpha value is 0. The van der Waals surface area contributed by atoms with Crippen LogP contribution in [0.2, 0.25) is 0 Å². The molecule has 2 atom stereocenters. The summed E-state index contributed by atoms with van der Waals surface area (Å²) in [5.41, 5.74) is 0. The summed E-state index contributed by atoms with van der Waals surface area (Å²) in [6, 6.07) is 0. The maximum atomic E-state index is 2.40. The molecule has 2 unspecified atom stereocenters. The minimum absolute atomic E-state index is 0.960. The summed E-state index contributed by atoms with van der Waals surface area (Å²) in [7, 11) is 0. The average molecular weight is 313 g/mol. The zero-order valence-electron chi connectivity index (χ0n) is 17.2. The van der Waals surface area contributed by atoms with Crippen molar-refractivity contribution in [2.45, 2.75) is 126 Å². The summed E-state index contributed by atoms with van der Waals surface area (Å²) in [6.07, 6.45) is 16.9. The summed E-state index contributed by atoms with van der Waals surface area (Å²) >= 11 is 0. The third kappa shape index (κ3) is 20.0. The summed E-state index contributed by atoms with van der Waals surface area (Å²) in [4.78, 5) is 0. The topological polar surface area (TPSA) is 0 Å². The molecule has 0 spiro atoms. The van der Waals surface area contributed by atoms with E-state index in [-0.39, 0.29) is 0 Å². The predicted octanol–water partition coefficient (Wildman–Crippen LogP) is 8.64. The lowest BCUT2D eigenvalue weighted by atomic mass is 9.95. The molecule has 0 heteroatoms. The van der Waals surface area contributed by atoms with Crippen LogP contribution in [0, 0.1) is 17.8 Å². The Morgan fingerprint density at radius 1 is 0.409 bits per heavy atom. The zero-order valence-corrected chi connectivity index (χ0v) is 17.2. The summed E-state index contributed by atoms with van der Waals surface area (Å²) in [5, 5.41) is 0. The van der Waals surface area contributed by atoms with Gasteiger partial charge >= 0.3 is 0 Å². The summed E-state index contributed by atoms with van der Waals surface area (Å²) in [6.45, 7) is 16.2. The molecular formula is C22H48. The van der Waals surface area contributed by atoms with E-state index in [0.717, 1.165) is 17.8 Å². The first kappa shape index (κ1) is 24.3. The highest BCUT2D eigenvalue weighted by molar-refractivity contribution is 4.56. The molecule has 0 N–H and O–H groups in total. The molecule has 0 saturated heterocycles. The van der Waals surface area contributed by atoms with Gasteiger partial charge in [0.1, 0.15) is 0 Å². The third-order valence-corrected chi connectivity index (χ3v) is 4.77. The second kappa shape index (κ2) is 19.0. The van der Waals surface area contributed by atoms with Crippen molar-refractivity contribution in [3.63, 3.8) is 0 Å². The van der Waals surface area contributed by atoms with E-state index in [2.05, 4.69) is 48.5 Å². The zero-order chi connectivity index (χ0) is 17.2. The Kier molecular flexibility index (Phi) is 21.0. The van der Waals surface area contributed by atoms with Gasteiger partial charge in [0.15, 0.2) is 0 Å². The standard InChI is InChI=1S/C14H30.C8H18/c1-5-9-13(3)11-7-8-12-14(4)10-6-2;1-4-6-8(3)7-5-2/h13-14H,5-12H2,1-4H3;8H,4-7H2,1-3H3. The lowest BCUT2D eigenvalue weighted by Gasteiger charge is -2.12. The molecule has 22 heavy (non-hydrogen) atoms. The first-order valence-corrected chi connectivity index (χ1v) is 10.5. The molecule has 136 valence electrons. The largest absolute Gasteiger partial charge is 0.0654 e. The molecule has 0 saturated carbocycles. The maximum Gasteiger partial charge on any atom is -0.0443 e. The van der Waals surface area contributed by atoms with Crippen molar-refractivity contribution in [3.05, 3.63) is 0 Å². The van der Waals surface area contributed by atoms with E-state index in [4.69, 9.17) is 0 Å². The van der Waals surface area contributed by atoms with Gasteiger partial charge in [0, 0.05) is 0 Å². The van der Waals surface area contributed by atoms with Crippen LogP contribution in [-0.4, -0.2) is 0 Å². The van der Waals surface area contributed by atoms with Crippen molar-refractivity contribution in [3.8, 4) is 0 Å². The minimum Gasteiger partial charge on any atom is -0.0654 e. The quantitative estimate of drug-likeness (QED) is 0.298. The second-order valence-electron chi connectivity index (χ2n) is 7.75. The van der Waals surface area contributed by atoms with E-state index in [1.54, 1.807) is 0 Å². The Morgan fingerprint density at radius 2 is 0.636 bits per heavy atom. The molecule has 0 aliphatic carbocycles. The molecule has 0 amide bonds. The molecule has 0 heterocycles. The maximum absolute atomic E-state index is 2.40. The van der Waals surface area contributed by atoms with Gasteiger partial charge in [0.05, 0.1) is 0 Å². The van der Waals surface area contributed by atoms with E-state index in [1.807, 2.05) is 0 Å². The van der Waals surface area contributed by atoms with E-state index in [9.17, 15) is 0 Å². The minimum atomic E-state index is 0.960. The van der Waals surface area contributed by atoms with Crippen molar-refractivity contribution < 1.29 is 0 Å². The highest BCUT2D eigenvalue weighted by Gasteiger charge is 2.03. The van der Waals surface area contributed by atoms with Crippen LogP contribution >= 0.6 is 0 Å². The molecule has 0 aromatic carbocycles. The van der Waals surface area contributed by atoms with E-state index in [0.29, 0.717) is 0 Å². The summed E-state index contributed by atoms with van der Waals surface area (Å²) < 4.78 is 0. The van der Waals surface area contributed by atoms with Gasteiger partial charge in [-0.3, -0.25) is 0 Å². The van der Waals surface area contributed by atoms with Crippen LogP contribution < -0.4 is 0 Å². The van der Waals surface area contributed by atoms with Crippen molar-refractivity contribution in [1.29, 1.82) is 0 Å². The van der Waals surface area contributed by atoms with Crippen LogP contribution in [0.3, 0.4) is 0 Å². The summed E-state index contributed by atoms with van der Waals surface area (Å²) in [5.74, 6) is 2.88. The molecule has 0 fully saturated rings. The number of hydrogen-bond acceptors (Lipinski definition) is 0. The monoisotopic (exact) mass is 312 g/mol. The van der Waals surface area contributed by atoms with Crippen molar-refractivity contribution in [2.75, 3.05) is 0 Å². The van der Waals surface area contributed by atoms with Crippen molar-refractivity contribution in [2.24, 2.45) is 17.8 Å². The SMILES string of the molecule is CCCC(C)CCC.CCCC(C)CCCCC(C)CCC. The van der Waals surface area contributed by atoms with E-state index < -0.39 is 0 Å². The number of unbranched alkanes of at least 4 members (excludes halogenated alkanes) is 1. The molecule has 0 aromatic rings. The highest BCUT2D eigenvalue weighted by Crippen LogP contribution is 2.18. The number of rotatable bonds is 13. The molecule has 0 aromatic heterocycles. The van der Waals surface area contributed by atoms with E-state index in [1.165, 1.54) is 77.0 Å². The van der Waals surface area contributed by atoms with Gasteiger partial charge in [0.25, 0.3) is 0 Å². The van der Waals surface area contributed by atoms with Crippen LogP contribution in [0.15, 0.2) is 0 Å². The van der Waals surface area contributed by atoms with Crippen molar-refractivity contribution in [1.82, 2.24) is 0 Å². The average Bonchev–Trinajstić information content (AvgIpc) is 2.45. The predicted molar refractivity (Wildman–Crippen MR) is 106 cm³/mol. The fourth-order valence-electron chi connectivity index (χ4n) is 3.39.